The number of benzene rings is 1. The van der Waals surface area contributed by atoms with Crippen molar-refractivity contribution < 1.29 is 0 Å². The first-order valence-electron chi connectivity index (χ1n) is 5.03. The molecule has 0 aliphatic rings. The molecule has 1 aromatic heterocycles. The van der Waals surface area contributed by atoms with Crippen LogP contribution < -0.4 is 5.73 Å². The van der Waals surface area contributed by atoms with Crippen LogP contribution >= 0.6 is 0 Å². The third-order valence-electron chi connectivity index (χ3n) is 2.61. The molecule has 0 saturated carbocycles. The van der Waals surface area contributed by atoms with Crippen LogP contribution in [-0.2, 0) is 6.54 Å². The zero-order valence-electron chi connectivity index (χ0n) is 9.04. The predicted molar refractivity (Wildman–Crippen MR) is 61.4 cm³/mol. The van der Waals surface area contributed by atoms with E-state index in [-0.39, 0.29) is 0 Å². The zero-order chi connectivity index (χ0) is 10.8. The number of hydrogen-bond acceptors (Lipinski definition) is 2. The summed E-state index contributed by atoms with van der Waals surface area (Å²) in [6.45, 7) is 4.63. The Kier molecular flexibility index (Phi) is 2.56. The van der Waals surface area contributed by atoms with Crippen molar-refractivity contribution in [2.24, 2.45) is 5.73 Å². The van der Waals surface area contributed by atoms with Gasteiger partial charge in [0.05, 0.1) is 5.69 Å². The fourth-order valence-corrected chi connectivity index (χ4v) is 1.78. The summed E-state index contributed by atoms with van der Waals surface area (Å²) in [5.74, 6) is 0. The normalized spacial score (nSPS) is 10.6. The Hall–Kier alpha value is -1.61. The fourth-order valence-electron chi connectivity index (χ4n) is 1.78. The summed E-state index contributed by atoms with van der Waals surface area (Å²) in [4.78, 5) is 0. The van der Waals surface area contributed by atoms with Crippen LogP contribution in [0.15, 0.2) is 24.3 Å². The average Bonchev–Trinajstić information content (AvgIpc) is 2.59. The highest BCUT2D eigenvalue weighted by Crippen LogP contribution is 2.25. The number of rotatable bonds is 2. The molecule has 0 atom stereocenters. The van der Waals surface area contributed by atoms with Gasteiger partial charge in [-0.1, -0.05) is 24.3 Å². The van der Waals surface area contributed by atoms with Crippen LogP contribution in [0, 0.1) is 13.8 Å². The molecule has 0 aliphatic carbocycles. The second kappa shape index (κ2) is 3.87. The van der Waals surface area contributed by atoms with E-state index in [2.05, 4.69) is 34.5 Å². The largest absolute Gasteiger partial charge is 0.326 e. The first-order valence-corrected chi connectivity index (χ1v) is 5.03. The third kappa shape index (κ3) is 1.78. The van der Waals surface area contributed by atoms with Gasteiger partial charge in [-0.25, -0.2) is 0 Å². The van der Waals surface area contributed by atoms with Crippen LogP contribution in [0.5, 0.6) is 0 Å². The third-order valence-corrected chi connectivity index (χ3v) is 2.61. The molecular formula is C12H15N3. The molecule has 1 aromatic carbocycles. The van der Waals surface area contributed by atoms with Gasteiger partial charge in [-0.2, -0.15) is 5.10 Å². The lowest BCUT2D eigenvalue weighted by atomic mass is 10.0. The van der Waals surface area contributed by atoms with Gasteiger partial charge in [-0.15, -0.1) is 0 Å². The summed E-state index contributed by atoms with van der Waals surface area (Å²) in [5, 5.41) is 7.17. The summed E-state index contributed by atoms with van der Waals surface area (Å²) >= 11 is 0. The predicted octanol–water partition coefficient (Wildman–Crippen LogP) is 2.15. The van der Waals surface area contributed by atoms with E-state index in [9.17, 15) is 0 Å². The maximum absolute atomic E-state index is 5.56. The Morgan fingerprint density at radius 2 is 1.87 bits per heavy atom. The van der Waals surface area contributed by atoms with Crippen LogP contribution in [0.3, 0.4) is 0 Å². The fraction of sp³-hybridized carbons (Fsp3) is 0.250. The topological polar surface area (TPSA) is 54.7 Å². The lowest BCUT2D eigenvalue weighted by Gasteiger charge is -2.02. The van der Waals surface area contributed by atoms with Crippen LogP contribution in [0.25, 0.3) is 11.1 Å². The molecule has 3 N–H and O–H groups in total. The molecule has 3 nitrogen and oxygen atoms in total. The number of aromatic nitrogens is 2. The minimum atomic E-state index is 0.587. The molecule has 0 radical (unpaired) electrons. The van der Waals surface area contributed by atoms with Crippen LogP contribution in [0.2, 0.25) is 0 Å². The molecule has 15 heavy (non-hydrogen) atoms. The number of H-pyrrole nitrogens is 1. The second-order valence-electron chi connectivity index (χ2n) is 3.71. The van der Waals surface area contributed by atoms with E-state index in [1.807, 2.05) is 13.8 Å². The SMILES string of the molecule is Cc1n[nH]c(C)c1-c1ccc(CN)cc1. The summed E-state index contributed by atoms with van der Waals surface area (Å²) in [5.41, 5.74) is 11.2. The smallest absolute Gasteiger partial charge is 0.0672 e. The van der Waals surface area contributed by atoms with Crippen molar-refractivity contribution in [1.29, 1.82) is 0 Å². The van der Waals surface area contributed by atoms with Gasteiger partial charge in [0.25, 0.3) is 0 Å². The molecule has 0 aliphatic heterocycles. The lowest BCUT2D eigenvalue weighted by molar-refractivity contribution is 1.02. The van der Waals surface area contributed by atoms with Gasteiger partial charge in [0.1, 0.15) is 0 Å². The van der Waals surface area contributed by atoms with E-state index >= 15 is 0 Å². The highest BCUT2D eigenvalue weighted by molar-refractivity contribution is 5.68. The maximum Gasteiger partial charge on any atom is 0.0672 e. The number of nitrogens with zero attached hydrogens (tertiary/aromatic N) is 1. The molecule has 1 heterocycles. The van der Waals surface area contributed by atoms with Crippen molar-refractivity contribution in [3.05, 3.63) is 41.2 Å². The van der Waals surface area contributed by atoms with E-state index in [0.29, 0.717) is 6.54 Å². The van der Waals surface area contributed by atoms with Crippen LogP contribution in [0.1, 0.15) is 17.0 Å². The summed E-state index contributed by atoms with van der Waals surface area (Å²) in [7, 11) is 0. The first-order chi connectivity index (χ1) is 7.22. The molecule has 0 spiro atoms. The Bertz CT molecular complexity index is 435. The molecule has 0 saturated heterocycles. The Morgan fingerprint density at radius 3 is 2.33 bits per heavy atom. The van der Waals surface area contributed by atoms with Gasteiger partial charge in [-0.05, 0) is 25.0 Å². The van der Waals surface area contributed by atoms with E-state index in [4.69, 9.17) is 5.73 Å². The molecule has 0 unspecified atom stereocenters. The van der Waals surface area contributed by atoms with E-state index in [0.717, 1.165) is 17.0 Å². The van der Waals surface area contributed by atoms with Gasteiger partial charge in [0, 0.05) is 17.8 Å². The second-order valence-corrected chi connectivity index (χ2v) is 3.71. The van der Waals surface area contributed by atoms with Gasteiger partial charge >= 0.3 is 0 Å². The molecule has 0 bridgehead atoms. The summed E-state index contributed by atoms with van der Waals surface area (Å²) in [6, 6.07) is 8.29. The quantitative estimate of drug-likeness (QED) is 0.782. The van der Waals surface area contributed by atoms with Gasteiger partial charge in [0.2, 0.25) is 0 Å². The van der Waals surface area contributed by atoms with Crippen molar-refractivity contribution in [2.75, 3.05) is 0 Å². The molecular weight excluding hydrogens is 186 g/mol. The molecule has 0 amide bonds. The summed E-state index contributed by atoms with van der Waals surface area (Å²) < 4.78 is 0. The van der Waals surface area contributed by atoms with Crippen molar-refractivity contribution in [3.8, 4) is 11.1 Å². The van der Waals surface area contributed by atoms with E-state index in [1.165, 1.54) is 11.1 Å². The lowest BCUT2D eigenvalue weighted by Crippen LogP contribution is -1.95. The average molecular weight is 201 g/mol. The number of aryl methyl sites for hydroxylation is 2. The minimum Gasteiger partial charge on any atom is -0.326 e. The molecule has 3 heteroatoms. The summed E-state index contributed by atoms with van der Waals surface area (Å²) in [6.07, 6.45) is 0. The van der Waals surface area contributed by atoms with Crippen LogP contribution in [-0.4, -0.2) is 10.2 Å². The zero-order valence-corrected chi connectivity index (χ0v) is 9.04. The van der Waals surface area contributed by atoms with Crippen molar-refractivity contribution in [1.82, 2.24) is 10.2 Å². The van der Waals surface area contributed by atoms with Crippen molar-refractivity contribution >= 4 is 0 Å². The Morgan fingerprint density at radius 1 is 1.20 bits per heavy atom. The molecule has 78 valence electrons. The van der Waals surface area contributed by atoms with Gasteiger partial charge in [-0.3, -0.25) is 5.10 Å². The van der Waals surface area contributed by atoms with Crippen LogP contribution in [0.4, 0.5) is 0 Å². The highest BCUT2D eigenvalue weighted by atomic mass is 15.1. The maximum atomic E-state index is 5.56. The highest BCUT2D eigenvalue weighted by Gasteiger charge is 2.07. The van der Waals surface area contributed by atoms with Crippen molar-refractivity contribution in [3.63, 3.8) is 0 Å². The number of nitrogens with two attached hydrogens (primary N) is 1. The number of hydrogen-bond donors (Lipinski definition) is 2. The van der Waals surface area contributed by atoms with Crippen molar-refractivity contribution in [2.45, 2.75) is 20.4 Å². The molecule has 2 aromatic rings. The first kappa shape index (κ1) is 9.93. The molecule has 2 rings (SSSR count). The Labute approximate surface area is 89.3 Å². The minimum absolute atomic E-state index is 0.587. The number of aromatic amines is 1. The van der Waals surface area contributed by atoms with E-state index < -0.39 is 0 Å². The molecule has 0 fully saturated rings. The van der Waals surface area contributed by atoms with E-state index in [1.54, 1.807) is 0 Å². The number of nitrogens with one attached hydrogen (secondary N) is 1. The van der Waals surface area contributed by atoms with Gasteiger partial charge in [0.15, 0.2) is 0 Å². The van der Waals surface area contributed by atoms with Gasteiger partial charge < -0.3 is 5.73 Å². The standard InChI is InChI=1S/C12H15N3/c1-8-12(9(2)15-14-8)11-5-3-10(7-13)4-6-11/h3-6H,7,13H2,1-2H3,(H,14,15). The Balaban J connectivity index is 2.45. The monoisotopic (exact) mass is 201 g/mol.